The molecular weight excluding hydrogens is 976 g/mol. The Labute approximate surface area is 461 Å². The molecule has 12 heteroatoms. The summed E-state index contributed by atoms with van der Waals surface area (Å²) < 4.78 is 39.4. The molecule has 0 aliphatic rings. The van der Waals surface area contributed by atoms with Gasteiger partial charge in [0.15, 0.2) is 6.10 Å². The van der Waals surface area contributed by atoms with Gasteiger partial charge in [-0.25, -0.2) is 4.57 Å². The van der Waals surface area contributed by atoms with Crippen LogP contribution in [-0.2, 0) is 42.2 Å². The van der Waals surface area contributed by atoms with Crippen molar-refractivity contribution in [2.75, 3.05) is 26.4 Å². The number of carbonyl (C=O) groups excluding carboxylic acids is 3. The van der Waals surface area contributed by atoms with E-state index in [0.29, 0.717) is 25.7 Å². The lowest BCUT2D eigenvalue weighted by Gasteiger charge is -2.21. The summed E-state index contributed by atoms with van der Waals surface area (Å²) in [6.07, 6.45) is 71.4. The van der Waals surface area contributed by atoms with Gasteiger partial charge in [0.2, 0.25) is 0 Å². The lowest BCUT2D eigenvalue weighted by atomic mass is 10.1. The number of hydrogen-bond donors (Lipinski definition) is 2. The van der Waals surface area contributed by atoms with Crippen molar-refractivity contribution in [1.82, 2.24) is 0 Å². The van der Waals surface area contributed by atoms with Crippen LogP contribution in [0.15, 0.2) is 134 Å². The smallest absolute Gasteiger partial charge is 0.462 e. The first-order valence-electron chi connectivity index (χ1n) is 29.1. The van der Waals surface area contributed by atoms with E-state index in [1.165, 1.54) is 6.42 Å². The van der Waals surface area contributed by atoms with E-state index in [0.717, 1.165) is 141 Å². The number of esters is 3. The molecule has 0 fully saturated rings. The van der Waals surface area contributed by atoms with Crippen LogP contribution in [0.3, 0.4) is 0 Å². The average Bonchev–Trinajstić information content (AvgIpc) is 3.41. The number of hydrogen-bond acceptors (Lipinski definition) is 10. The molecule has 0 aromatic rings. The quantitative estimate of drug-likeness (QED) is 0.0197. The number of phosphoric ester groups is 1. The molecule has 2 N–H and O–H groups in total. The van der Waals surface area contributed by atoms with Crippen LogP contribution >= 0.6 is 7.82 Å². The van der Waals surface area contributed by atoms with E-state index in [9.17, 15) is 28.9 Å². The first kappa shape index (κ1) is 71.6. The number of phosphoric acid groups is 1. The predicted octanol–water partition coefficient (Wildman–Crippen LogP) is 17.4. The van der Waals surface area contributed by atoms with Gasteiger partial charge < -0.3 is 24.2 Å². The fourth-order valence-corrected chi connectivity index (χ4v) is 7.98. The summed E-state index contributed by atoms with van der Waals surface area (Å²) in [6, 6.07) is 0. The molecule has 430 valence electrons. The minimum absolute atomic E-state index is 0.0317. The van der Waals surface area contributed by atoms with E-state index in [2.05, 4.69) is 142 Å². The summed E-state index contributed by atoms with van der Waals surface area (Å²) in [4.78, 5) is 48.5. The maximum atomic E-state index is 12.9. The average molecular weight is 1080 g/mol. The van der Waals surface area contributed by atoms with Crippen LogP contribution in [0.5, 0.6) is 0 Å². The minimum Gasteiger partial charge on any atom is -0.462 e. The first-order valence-corrected chi connectivity index (χ1v) is 30.6. The van der Waals surface area contributed by atoms with Gasteiger partial charge in [-0.15, -0.1) is 0 Å². The predicted molar refractivity (Wildman–Crippen MR) is 316 cm³/mol. The van der Waals surface area contributed by atoms with Gasteiger partial charge in [-0.2, -0.15) is 0 Å². The topological polar surface area (TPSA) is 155 Å². The third kappa shape index (κ3) is 54.4. The SMILES string of the molecule is CC/C=C\C/C=C\C/C=C\C/C=C\C/C=C\C/C=C\CCC(=O)OC(COC(=O)CCCCCCC/C=C\C/C=C\CCC)COP(=O)(O)OCC(CO)OC(=O)CCCCCCCCC/C=C\C/C=C\C/C=C\CC. The lowest BCUT2D eigenvalue weighted by Crippen LogP contribution is -2.30. The zero-order chi connectivity index (χ0) is 55.5. The van der Waals surface area contributed by atoms with E-state index in [1.807, 2.05) is 12.2 Å². The second kappa shape index (κ2) is 56.8. The van der Waals surface area contributed by atoms with Crippen molar-refractivity contribution in [1.29, 1.82) is 0 Å². The van der Waals surface area contributed by atoms with Crippen molar-refractivity contribution in [2.24, 2.45) is 0 Å². The van der Waals surface area contributed by atoms with E-state index in [-0.39, 0.29) is 25.9 Å². The number of rotatable bonds is 52. The van der Waals surface area contributed by atoms with Gasteiger partial charge in [0.05, 0.1) is 19.8 Å². The molecule has 11 nitrogen and oxygen atoms in total. The van der Waals surface area contributed by atoms with Gasteiger partial charge in [-0.1, -0.05) is 212 Å². The highest BCUT2D eigenvalue weighted by atomic mass is 31.2. The van der Waals surface area contributed by atoms with Crippen LogP contribution in [0.1, 0.15) is 213 Å². The Balaban J connectivity index is 4.84. The fraction of sp³-hybridized carbons (Fsp3) is 0.609. The molecule has 3 unspecified atom stereocenters. The van der Waals surface area contributed by atoms with Gasteiger partial charge >= 0.3 is 25.7 Å². The fourth-order valence-electron chi connectivity index (χ4n) is 7.20. The second-order valence-electron chi connectivity index (χ2n) is 18.7. The molecule has 0 aromatic carbocycles. The summed E-state index contributed by atoms with van der Waals surface area (Å²) in [5, 5.41) is 9.82. The van der Waals surface area contributed by atoms with E-state index >= 15 is 0 Å². The molecule has 0 bridgehead atoms. The van der Waals surface area contributed by atoms with Crippen LogP contribution in [-0.4, -0.2) is 66.5 Å². The summed E-state index contributed by atoms with van der Waals surface area (Å²) in [5.74, 6) is -1.61. The molecule has 0 aromatic heterocycles. The molecule has 0 spiro atoms. The van der Waals surface area contributed by atoms with E-state index in [1.54, 1.807) is 0 Å². The Morgan fingerprint density at radius 2 is 0.711 bits per heavy atom. The van der Waals surface area contributed by atoms with E-state index < -0.39 is 57.8 Å². The van der Waals surface area contributed by atoms with E-state index in [4.69, 9.17) is 23.3 Å². The number of aliphatic hydroxyl groups is 1. The molecule has 0 aliphatic heterocycles. The van der Waals surface area contributed by atoms with Crippen molar-refractivity contribution in [3.8, 4) is 0 Å². The Bertz CT molecular complexity index is 1780. The highest BCUT2D eigenvalue weighted by Gasteiger charge is 2.28. The third-order valence-corrected chi connectivity index (χ3v) is 12.5. The number of carbonyl (C=O) groups is 3. The summed E-state index contributed by atoms with van der Waals surface area (Å²) in [7, 11) is -4.78. The Morgan fingerprint density at radius 3 is 1.13 bits per heavy atom. The van der Waals surface area contributed by atoms with Crippen molar-refractivity contribution in [3.05, 3.63) is 134 Å². The van der Waals surface area contributed by atoms with Crippen LogP contribution in [0, 0.1) is 0 Å². The van der Waals surface area contributed by atoms with Crippen molar-refractivity contribution >= 4 is 25.7 Å². The Kier molecular flexibility index (Phi) is 53.5. The Morgan fingerprint density at radius 1 is 0.382 bits per heavy atom. The molecule has 76 heavy (non-hydrogen) atoms. The molecule has 0 amide bonds. The number of aliphatic hydroxyl groups excluding tert-OH is 1. The third-order valence-electron chi connectivity index (χ3n) is 11.5. The van der Waals surface area contributed by atoms with Gasteiger partial charge in [0.25, 0.3) is 0 Å². The molecule has 0 saturated heterocycles. The van der Waals surface area contributed by atoms with Crippen molar-refractivity contribution in [3.63, 3.8) is 0 Å². The van der Waals surface area contributed by atoms with Crippen molar-refractivity contribution < 1.29 is 52.2 Å². The summed E-state index contributed by atoms with van der Waals surface area (Å²) >= 11 is 0. The highest BCUT2D eigenvalue weighted by molar-refractivity contribution is 7.47. The van der Waals surface area contributed by atoms with Gasteiger partial charge in [0.1, 0.15) is 12.7 Å². The molecule has 0 rings (SSSR count). The molecular formula is C64H103O11P. The molecule has 0 aliphatic carbocycles. The molecule has 0 heterocycles. The standard InChI is InChI=1S/C64H103O11P/c1-4-7-10-13-16-19-22-25-27-29-30-32-34-37-40-43-46-49-52-55-64(68)75-61(57-71-62(66)53-50-47-44-41-38-35-24-21-18-15-12-9-6-3)59-73-76(69,70)72-58-60(56-65)74-63(67)54-51-48-45-42-39-36-33-31-28-26-23-20-17-14-11-8-5-2/h7-8,10-12,15-17,19-21,24-28,30,32,37,40,46,49,60-61,65H,4-6,9,13-14,18,22-23,29,31,33-36,38-39,41-45,47-48,50-59H2,1-3H3,(H,69,70)/b10-7-,11-8-,15-12-,19-16-,20-17-,24-21-,27-25-,28-26-,32-30-,40-37-,49-46-. The minimum atomic E-state index is -4.78. The first-order chi connectivity index (χ1) is 37.2. The maximum absolute atomic E-state index is 12.9. The molecule has 3 atom stereocenters. The number of allylic oxidation sites excluding steroid dienone is 22. The monoisotopic (exact) mass is 1080 g/mol. The molecule has 0 radical (unpaired) electrons. The zero-order valence-electron chi connectivity index (χ0n) is 47.4. The van der Waals surface area contributed by atoms with Crippen LogP contribution in [0.25, 0.3) is 0 Å². The number of ether oxygens (including phenoxy) is 3. The number of unbranched alkanes of at least 4 members (excludes halogenated alkanes) is 13. The largest absolute Gasteiger partial charge is 0.472 e. The maximum Gasteiger partial charge on any atom is 0.472 e. The molecule has 0 saturated carbocycles. The van der Waals surface area contributed by atoms with Gasteiger partial charge in [0, 0.05) is 19.3 Å². The summed E-state index contributed by atoms with van der Waals surface area (Å²) in [6.45, 7) is 4.23. The van der Waals surface area contributed by atoms with Crippen LogP contribution < -0.4 is 0 Å². The Hall–Kier alpha value is -4.38. The zero-order valence-corrected chi connectivity index (χ0v) is 48.3. The normalized spacial score (nSPS) is 14.3. The van der Waals surface area contributed by atoms with Crippen LogP contribution in [0.4, 0.5) is 0 Å². The van der Waals surface area contributed by atoms with Gasteiger partial charge in [-0.05, 0) is 116 Å². The summed E-state index contributed by atoms with van der Waals surface area (Å²) in [5.41, 5.74) is 0. The van der Waals surface area contributed by atoms with Crippen LogP contribution in [0.2, 0.25) is 0 Å². The van der Waals surface area contributed by atoms with Crippen molar-refractivity contribution in [2.45, 2.75) is 226 Å². The van der Waals surface area contributed by atoms with Gasteiger partial charge in [-0.3, -0.25) is 23.4 Å². The lowest BCUT2D eigenvalue weighted by molar-refractivity contribution is -0.161. The highest BCUT2D eigenvalue weighted by Crippen LogP contribution is 2.43. The second-order valence-corrected chi connectivity index (χ2v) is 20.1.